The number of thiophene rings is 1. The van der Waals surface area contributed by atoms with E-state index in [0.29, 0.717) is 0 Å². The van der Waals surface area contributed by atoms with Crippen LogP contribution in [0.25, 0.3) is 80.3 Å². The van der Waals surface area contributed by atoms with Crippen LogP contribution >= 0.6 is 11.3 Å². The zero-order valence-electron chi connectivity index (χ0n) is 38.3. The van der Waals surface area contributed by atoms with Gasteiger partial charge >= 0.3 is 0 Å². The summed E-state index contributed by atoms with van der Waals surface area (Å²) in [6.45, 7) is 13.7. The molecule has 2 heteroatoms. The Morgan fingerprint density at radius 1 is 0.493 bits per heavy atom. The molecule has 0 amide bonds. The maximum absolute atomic E-state index is 5.80. The predicted octanol–water partition coefficient (Wildman–Crippen LogP) is 18.1. The maximum atomic E-state index is 5.80. The molecule has 1 aliphatic carbocycles. The van der Waals surface area contributed by atoms with Gasteiger partial charge in [0.25, 0.3) is 0 Å². The molecule has 0 N–H and O–H groups in total. The molecule has 1 heterocycles. The monoisotopic (exact) mass is 875 g/mol. The van der Waals surface area contributed by atoms with E-state index in [1.807, 2.05) is 11.3 Å². The molecule has 67 heavy (non-hydrogen) atoms. The fourth-order valence-corrected chi connectivity index (χ4v) is 12.2. The Kier molecular flexibility index (Phi) is 9.78. The van der Waals surface area contributed by atoms with Gasteiger partial charge in [0, 0.05) is 31.2 Å². The summed E-state index contributed by atoms with van der Waals surface area (Å²) in [7, 11) is 0. The van der Waals surface area contributed by atoms with Crippen molar-refractivity contribution < 1.29 is 0 Å². The summed E-state index contributed by atoms with van der Waals surface area (Å²) in [6.07, 6.45) is 0. The van der Waals surface area contributed by atoms with E-state index in [4.69, 9.17) is 4.99 Å². The molecule has 320 valence electrons. The van der Waals surface area contributed by atoms with Crippen molar-refractivity contribution in [2.45, 2.75) is 39.2 Å². The number of nitrogens with zero attached hydrogens (tertiary/aromatic N) is 1. The molecule has 0 fully saturated rings. The van der Waals surface area contributed by atoms with E-state index in [1.54, 1.807) is 0 Å². The molecule has 2 unspecified atom stereocenters. The van der Waals surface area contributed by atoms with Crippen LogP contribution < -0.4 is 0 Å². The minimum Gasteiger partial charge on any atom is -0.272 e. The molecule has 0 spiro atoms. The quantitative estimate of drug-likeness (QED) is 0.107. The zero-order valence-corrected chi connectivity index (χ0v) is 39.1. The summed E-state index contributed by atoms with van der Waals surface area (Å²) in [5, 5.41) is 10.1. The molecule has 0 bridgehead atoms. The summed E-state index contributed by atoms with van der Waals surface area (Å²) in [5.74, 6) is 0. The van der Waals surface area contributed by atoms with E-state index in [2.05, 4.69) is 241 Å². The second-order valence-electron chi connectivity index (χ2n) is 18.6. The Labute approximate surface area is 396 Å². The summed E-state index contributed by atoms with van der Waals surface area (Å²) < 4.78 is 2.64. The molecule has 0 saturated heterocycles. The van der Waals surface area contributed by atoms with E-state index in [-0.39, 0.29) is 6.04 Å². The second-order valence-corrected chi connectivity index (χ2v) is 19.7. The van der Waals surface area contributed by atoms with Crippen LogP contribution in [0.1, 0.15) is 67.1 Å². The van der Waals surface area contributed by atoms with E-state index >= 15 is 0 Å². The highest BCUT2D eigenvalue weighted by molar-refractivity contribution is 7.26. The SMILES string of the molecule is C=C(C)C(N=C(/C(C)=C(\C)c1cc(C2(C)c3cc4ccccc4cc3-c3c2ccc2ccccc32)c2sc3ccccc3c2c1)c1ccc2ccccc2c1)c1cccc(-c2ccccc2)c1. The van der Waals surface area contributed by atoms with Crippen LogP contribution in [0.3, 0.4) is 0 Å². The van der Waals surface area contributed by atoms with Crippen LogP contribution in [0.4, 0.5) is 0 Å². The van der Waals surface area contributed by atoms with E-state index in [0.717, 1.165) is 28.0 Å². The average molecular weight is 876 g/mol. The molecule has 1 nitrogen and oxygen atoms in total. The summed E-state index contributed by atoms with van der Waals surface area (Å²) >= 11 is 1.92. The van der Waals surface area contributed by atoms with Gasteiger partial charge in [-0.1, -0.05) is 176 Å². The first-order valence-corrected chi connectivity index (χ1v) is 24.1. The maximum Gasteiger partial charge on any atom is 0.0961 e. The lowest BCUT2D eigenvalue weighted by Crippen LogP contribution is -2.23. The van der Waals surface area contributed by atoms with Crippen LogP contribution in [0.5, 0.6) is 0 Å². The van der Waals surface area contributed by atoms with Gasteiger partial charge in [-0.2, -0.15) is 0 Å². The number of rotatable bonds is 8. The zero-order chi connectivity index (χ0) is 45.4. The van der Waals surface area contributed by atoms with Crippen molar-refractivity contribution in [2.24, 2.45) is 4.99 Å². The Bertz CT molecular complexity index is 3880. The van der Waals surface area contributed by atoms with Gasteiger partial charge in [0.2, 0.25) is 0 Å². The molecular weight excluding hydrogens is 827 g/mol. The van der Waals surface area contributed by atoms with Gasteiger partial charge in [0.05, 0.1) is 11.8 Å². The Morgan fingerprint density at radius 2 is 1.13 bits per heavy atom. The minimum absolute atomic E-state index is 0.262. The number of aliphatic imine (C=N–C) groups is 1. The van der Waals surface area contributed by atoms with Crippen molar-refractivity contribution in [3.63, 3.8) is 0 Å². The smallest absolute Gasteiger partial charge is 0.0961 e. The molecule has 0 saturated carbocycles. The fourth-order valence-electron chi connectivity index (χ4n) is 10.9. The standard InChI is InChI=1S/C65H49NS/c1-40(2)62(50-26-17-25-47(34-50)43-18-7-6-8-19-43)66-63(51-31-30-44-20-9-10-22-46(44)35-51)42(4)41(3)52-37-55-54-28-15-16-29-60(54)67-64(55)59(39-52)65(5)57-33-32-45-21-13-14-27-53(45)61(57)56-36-48-23-11-12-24-49(48)38-58(56)65/h6-39,62H,1H2,2-5H3/b42-41+,66-63?. The van der Waals surface area contributed by atoms with Crippen LogP contribution in [0.2, 0.25) is 0 Å². The first kappa shape index (κ1) is 40.8. The minimum atomic E-state index is -0.452. The van der Waals surface area contributed by atoms with Crippen molar-refractivity contribution in [1.82, 2.24) is 0 Å². The summed E-state index contributed by atoms with van der Waals surface area (Å²) in [5.41, 5.74) is 16.3. The lowest BCUT2D eigenvalue weighted by Gasteiger charge is -2.30. The van der Waals surface area contributed by atoms with E-state index in [9.17, 15) is 0 Å². The molecule has 12 rings (SSSR count). The molecule has 0 aliphatic heterocycles. The first-order valence-electron chi connectivity index (χ1n) is 23.3. The number of allylic oxidation sites excluding steroid dienone is 2. The third kappa shape index (κ3) is 6.70. The molecule has 10 aromatic carbocycles. The Balaban J connectivity index is 1.12. The molecule has 2 atom stereocenters. The lowest BCUT2D eigenvalue weighted by atomic mass is 9.72. The fraction of sp³-hybridized carbons (Fsp3) is 0.0923. The summed E-state index contributed by atoms with van der Waals surface area (Å²) in [4.78, 5) is 5.80. The molecular formula is C65H49NS. The van der Waals surface area contributed by atoms with Crippen molar-refractivity contribution in [2.75, 3.05) is 0 Å². The van der Waals surface area contributed by atoms with E-state index < -0.39 is 5.41 Å². The van der Waals surface area contributed by atoms with Gasteiger partial charge in [0.1, 0.15) is 0 Å². The van der Waals surface area contributed by atoms with E-state index in [1.165, 1.54) is 103 Å². The first-order chi connectivity index (χ1) is 32.7. The second kappa shape index (κ2) is 16.0. The Hall–Kier alpha value is -7.65. The van der Waals surface area contributed by atoms with Crippen molar-refractivity contribution in [3.8, 4) is 22.3 Å². The van der Waals surface area contributed by atoms with Crippen LogP contribution in [-0.2, 0) is 5.41 Å². The van der Waals surface area contributed by atoms with Crippen LogP contribution in [-0.4, -0.2) is 5.71 Å². The number of hydrogen-bond acceptors (Lipinski definition) is 2. The van der Waals surface area contributed by atoms with Crippen LogP contribution in [0.15, 0.2) is 229 Å². The third-order valence-electron chi connectivity index (χ3n) is 14.6. The highest BCUT2D eigenvalue weighted by Crippen LogP contribution is 2.58. The number of fused-ring (bicyclic) bond motifs is 10. The van der Waals surface area contributed by atoms with Gasteiger partial charge in [-0.25, -0.2) is 0 Å². The third-order valence-corrected chi connectivity index (χ3v) is 15.8. The van der Waals surface area contributed by atoms with Gasteiger partial charge in [-0.15, -0.1) is 11.3 Å². The number of hydrogen-bond donors (Lipinski definition) is 0. The van der Waals surface area contributed by atoms with Crippen molar-refractivity contribution in [1.29, 1.82) is 0 Å². The van der Waals surface area contributed by atoms with Crippen molar-refractivity contribution in [3.05, 3.63) is 257 Å². The van der Waals surface area contributed by atoms with Gasteiger partial charge in [0.15, 0.2) is 0 Å². The van der Waals surface area contributed by atoms with Gasteiger partial charge in [-0.3, -0.25) is 4.99 Å². The lowest BCUT2D eigenvalue weighted by molar-refractivity contribution is 0.723. The number of benzene rings is 10. The molecule has 1 aromatic heterocycles. The highest BCUT2D eigenvalue weighted by Gasteiger charge is 2.43. The Morgan fingerprint density at radius 3 is 1.91 bits per heavy atom. The highest BCUT2D eigenvalue weighted by atomic mass is 32.1. The van der Waals surface area contributed by atoms with Gasteiger partial charge < -0.3 is 0 Å². The largest absolute Gasteiger partial charge is 0.272 e. The topological polar surface area (TPSA) is 12.4 Å². The normalized spacial score (nSPS) is 15.6. The van der Waals surface area contributed by atoms with Crippen molar-refractivity contribution >= 4 is 75.1 Å². The summed E-state index contributed by atoms with van der Waals surface area (Å²) in [6, 6.07) is 75.9. The van der Waals surface area contributed by atoms with Gasteiger partial charge in [-0.05, 0) is 164 Å². The molecule has 1 aliphatic rings. The predicted molar refractivity (Wildman–Crippen MR) is 290 cm³/mol. The van der Waals surface area contributed by atoms with Crippen LogP contribution in [0, 0.1) is 0 Å². The average Bonchev–Trinajstić information content (AvgIpc) is 3.87. The molecule has 0 radical (unpaired) electrons. The molecule has 11 aromatic rings.